The van der Waals surface area contributed by atoms with Crippen LogP contribution in [-0.2, 0) is 9.59 Å². The molecule has 28 heavy (non-hydrogen) atoms. The van der Waals surface area contributed by atoms with Crippen LogP contribution in [0.25, 0.3) is 0 Å². The molecule has 0 spiro atoms. The third-order valence-electron chi connectivity index (χ3n) is 8.29. The summed E-state index contributed by atoms with van der Waals surface area (Å²) >= 11 is 20.3. The predicted octanol–water partition coefficient (Wildman–Crippen LogP) is 4.43. The van der Waals surface area contributed by atoms with Crippen LogP contribution in [0.3, 0.4) is 0 Å². The van der Waals surface area contributed by atoms with Crippen LogP contribution in [0, 0.1) is 28.6 Å². The smallest absolute Gasteiger partial charge is 0.179 e. The van der Waals surface area contributed by atoms with E-state index < -0.39 is 26.7 Å². The molecule has 0 amide bonds. The van der Waals surface area contributed by atoms with Crippen LogP contribution in [0.2, 0.25) is 0 Å². The van der Waals surface area contributed by atoms with Gasteiger partial charge in [-0.25, -0.2) is 0 Å². The standard InChI is InChI=1S/C22H25Cl3O3/c1-12-8-16-15-5-4-13-9-14(26)6-7-19(13,2)21(15,25)17(24)10-20(16,3)22(12,28)18(27)11-23/h4-7,9,12,15-17,28H,8,10-11H2,1-3H3/t12?,15-,16-,17?,19-,20-,21-,22-/m0/s1. The zero-order chi connectivity index (χ0) is 20.7. The number of hydrogen-bond acceptors (Lipinski definition) is 3. The Hall–Kier alpha value is -0.610. The molecule has 2 saturated carbocycles. The summed E-state index contributed by atoms with van der Waals surface area (Å²) in [6, 6.07) is 0. The fourth-order valence-corrected chi connectivity index (χ4v) is 8.01. The maximum atomic E-state index is 12.7. The fourth-order valence-electron chi connectivity index (χ4n) is 6.64. The second-order valence-electron chi connectivity index (χ2n) is 9.35. The van der Waals surface area contributed by atoms with Crippen LogP contribution in [0.5, 0.6) is 0 Å². The summed E-state index contributed by atoms with van der Waals surface area (Å²) in [5.74, 6) is -1.02. The molecule has 2 fully saturated rings. The number of fused-ring (bicyclic) bond motifs is 5. The zero-order valence-electron chi connectivity index (χ0n) is 16.2. The van der Waals surface area contributed by atoms with Crippen molar-refractivity contribution in [3.05, 3.63) is 36.0 Å². The van der Waals surface area contributed by atoms with E-state index in [2.05, 4.69) is 0 Å². The van der Waals surface area contributed by atoms with Crippen molar-refractivity contribution in [1.82, 2.24) is 0 Å². The maximum Gasteiger partial charge on any atom is 0.179 e. The normalized spacial score (nSPS) is 52.0. The largest absolute Gasteiger partial charge is 0.381 e. The van der Waals surface area contributed by atoms with Gasteiger partial charge in [0.15, 0.2) is 11.6 Å². The van der Waals surface area contributed by atoms with Crippen LogP contribution in [0.4, 0.5) is 0 Å². The van der Waals surface area contributed by atoms with Crippen LogP contribution < -0.4 is 0 Å². The highest BCUT2D eigenvalue weighted by Crippen LogP contribution is 2.71. The van der Waals surface area contributed by atoms with Crippen molar-refractivity contribution in [2.45, 2.75) is 49.5 Å². The molecule has 0 saturated heterocycles. The fraction of sp³-hybridized carbons (Fsp3) is 0.636. The number of rotatable bonds is 2. The number of carbonyl (C=O) groups is 2. The third kappa shape index (κ3) is 2.17. The van der Waals surface area contributed by atoms with E-state index in [1.54, 1.807) is 12.2 Å². The molecule has 6 heteroatoms. The number of carbonyl (C=O) groups excluding carboxylic acids is 2. The maximum absolute atomic E-state index is 12.7. The average Bonchev–Trinajstić information content (AvgIpc) is 2.84. The lowest BCUT2D eigenvalue weighted by Gasteiger charge is -2.62. The lowest BCUT2D eigenvalue weighted by Crippen LogP contribution is -2.67. The SMILES string of the molecule is CC1C[C@H]2[C@@H]3C=CC4=CC(=O)C=C[C@]4(C)[C@@]3(Cl)C(Cl)C[C@]2(C)[C@@]1(O)C(=O)CCl. The number of alkyl halides is 3. The van der Waals surface area contributed by atoms with E-state index in [0.29, 0.717) is 12.8 Å². The van der Waals surface area contributed by atoms with Crippen molar-refractivity contribution in [2.24, 2.45) is 28.6 Å². The van der Waals surface area contributed by atoms with Gasteiger partial charge in [0.1, 0.15) is 5.60 Å². The molecule has 4 rings (SSSR count). The topological polar surface area (TPSA) is 54.4 Å². The van der Waals surface area contributed by atoms with Crippen LogP contribution in [0.1, 0.15) is 33.6 Å². The minimum absolute atomic E-state index is 0.0205. The minimum Gasteiger partial charge on any atom is -0.381 e. The number of halogens is 3. The summed E-state index contributed by atoms with van der Waals surface area (Å²) in [5.41, 5.74) is -1.98. The molecule has 1 N–H and O–H groups in total. The van der Waals surface area contributed by atoms with Gasteiger partial charge in [0.05, 0.1) is 16.1 Å². The van der Waals surface area contributed by atoms with Crippen LogP contribution in [0.15, 0.2) is 36.0 Å². The number of allylic oxidation sites excluding steroid dienone is 6. The number of aliphatic hydroxyl groups is 1. The first kappa shape index (κ1) is 20.7. The Morgan fingerprint density at radius 2 is 2.00 bits per heavy atom. The summed E-state index contributed by atoms with van der Waals surface area (Å²) in [6.07, 6.45) is 10.1. The van der Waals surface area contributed by atoms with Gasteiger partial charge >= 0.3 is 0 Å². The van der Waals surface area contributed by atoms with Gasteiger partial charge in [0.2, 0.25) is 0 Å². The average molecular weight is 444 g/mol. The van der Waals surface area contributed by atoms with Crippen LogP contribution in [-0.4, -0.2) is 38.4 Å². The van der Waals surface area contributed by atoms with Crippen LogP contribution >= 0.6 is 34.8 Å². The minimum atomic E-state index is -1.52. The first-order chi connectivity index (χ1) is 13.0. The van der Waals surface area contributed by atoms with E-state index >= 15 is 0 Å². The molecule has 0 aromatic rings. The van der Waals surface area contributed by atoms with Gasteiger partial charge in [0, 0.05) is 16.7 Å². The summed E-state index contributed by atoms with van der Waals surface area (Å²) < 4.78 is 0. The van der Waals surface area contributed by atoms with E-state index in [0.717, 1.165) is 5.57 Å². The van der Waals surface area contributed by atoms with Gasteiger partial charge in [-0.05, 0) is 42.4 Å². The van der Waals surface area contributed by atoms with Gasteiger partial charge in [-0.1, -0.05) is 39.0 Å². The molecule has 0 radical (unpaired) electrons. The molecule has 2 unspecified atom stereocenters. The van der Waals surface area contributed by atoms with Gasteiger partial charge in [-0.3, -0.25) is 9.59 Å². The molecule has 8 atom stereocenters. The Labute approximate surface area is 180 Å². The second kappa shape index (κ2) is 6.20. The molecule has 4 aliphatic rings. The Bertz CT molecular complexity index is 848. The molecule has 0 heterocycles. The molecular weight excluding hydrogens is 419 g/mol. The number of ketones is 2. The summed E-state index contributed by atoms with van der Waals surface area (Å²) in [5, 5.41) is 11.1. The van der Waals surface area contributed by atoms with Gasteiger partial charge in [0.25, 0.3) is 0 Å². The highest BCUT2D eigenvalue weighted by atomic mass is 35.5. The Morgan fingerprint density at radius 3 is 2.64 bits per heavy atom. The predicted molar refractivity (Wildman–Crippen MR) is 112 cm³/mol. The molecule has 3 nitrogen and oxygen atoms in total. The first-order valence-corrected chi connectivity index (χ1v) is 11.1. The number of Topliss-reactive ketones (excluding diaryl/α,β-unsaturated/α-hetero) is 1. The van der Waals surface area contributed by atoms with Crippen molar-refractivity contribution in [2.75, 3.05) is 5.88 Å². The monoisotopic (exact) mass is 442 g/mol. The molecule has 0 bridgehead atoms. The van der Waals surface area contributed by atoms with E-state index in [4.69, 9.17) is 34.8 Å². The van der Waals surface area contributed by atoms with Crippen molar-refractivity contribution >= 4 is 46.4 Å². The van der Waals surface area contributed by atoms with Crippen molar-refractivity contribution in [1.29, 1.82) is 0 Å². The molecule has 0 aromatic carbocycles. The van der Waals surface area contributed by atoms with Gasteiger partial charge in [-0.2, -0.15) is 0 Å². The molecule has 0 aliphatic heterocycles. The summed E-state index contributed by atoms with van der Waals surface area (Å²) in [4.78, 5) is 23.8. The van der Waals surface area contributed by atoms with Gasteiger partial charge < -0.3 is 5.11 Å². The molecule has 152 valence electrons. The summed E-state index contributed by atoms with van der Waals surface area (Å²) in [6.45, 7) is 5.89. The molecule has 0 aromatic heterocycles. The Balaban J connectivity index is 1.88. The quantitative estimate of drug-likeness (QED) is 0.642. The van der Waals surface area contributed by atoms with Crippen molar-refractivity contribution in [3.8, 4) is 0 Å². The van der Waals surface area contributed by atoms with E-state index in [1.807, 2.05) is 39.0 Å². The molecule has 4 aliphatic carbocycles. The lowest BCUT2D eigenvalue weighted by molar-refractivity contribution is -0.160. The van der Waals surface area contributed by atoms with Crippen molar-refractivity contribution in [3.63, 3.8) is 0 Å². The lowest BCUT2D eigenvalue weighted by atomic mass is 9.48. The van der Waals surface area contributed by atoms with Crippen molar-refractivity contribution < 1.29 is 14.7 Å². The molecular formula is C22H25Cl3O3. The van der Waals surface area contributed by atoms with E-state index in [-0.39, 0.29) is 35.2 Å². The zero-order valence-corrected chi connectivity index (χ0v) is 18.5. The Kier molecular flexibility index (Phi) is 4.57. The third-order valence-corrected chi connectivity index (χ3v) is 10.1. The summed E-state index contributed by atoms with van der Waals surface area (Å²) in [7, 11) is 0. The second-order valence-corrected chi connectivity index (χ2v) is 10.8. The van der Waals surface area contributed by atoms with Gasteiger partial charge in [-0.15, -0.1) is 34.8 Å². The van der Waals surface area contributed by atoms with E-state index in [1.165, 1.54) is 0 Å². The van der Waals surface area contributed by atoms with E-state index in [9.17, 15) is 14.7 Å². The first-order valence-electron chi connectivity index (χ1n) is 9.75. The highest BCUT2D eigenvalue weighted by Gasteiger charge is 2.73. The number of hydrogen-bond donors (Lipinski definition) is 1. The Morgan fingerprint density at radius 1 is 1.32 bits per heavy atom. The highest BCUT2D eigenvalue weighted by molar-refractivity contribution is 6.34.